The van der Waals surface area contributed by atoms with Crippen molar-refractivity contribution in [1.82, 2.24) is 0 Å². The minimum absolute atomic E-state index is 0.0816. The second kappa shape index (κ2) is 13.2. The van der Waals surface area contributed by atoms with E-state index < -0.39 is 90.5 Å². The van der Waals surface area contributed by atoms with E-state index in [1.165, 1.54) is 39.8 Å². The highest BCUT2D eigenvalue weighted by atomic mass is 32.1. The summed E-state index contributed by atoms with van der Waals surface area (Å²) in [5.41, 5.74) is -1.97. The van der Waals surface area contributed by atoms with Crippen LogP contribution < -0.4 is 10.6 Å². The van der Waals surface area contributed by atoms with Crippen LogP contribution in [-0.4, -0.2) is 59.7 Å². The Bertz CT molecular complexity index is 1530. The van der Waals surface area contributed by atoms with Gasteiger partial charge < -0.3 is 20.1 Å². The average molecular weight is 703 g/mol. The van der Waals surface area contributed by atoms with Crippen molar-refractivity contribution in [3.05, 3.63) is 32.0 Å². The fourth-order valence-corrected chi connectivity index (χ4v) is 5.51. The summed E-state index contributed by atoms with van der Waals surface area (Å²) < 4.78 is 127. The van der Waals surface area contributed by atoms with Crippen molar-refractivity contribution in [2.24, 2.45) is 0 Å². The van der Waals surface area contributed by atoms with Gasteiger partial charge in [0.15, 0.2) is 0 Å². The second-order valence-electron chi connectivity index (χ2n) is 9.86. The average Bonchev–Trinajstić information content (AvgIpc) is 3.41. The summed E-state index contributed by atoms with van der Waals surface area (Å²) >= 11 is 0.163. The molecule has 0 aliphatic heterocycles. The predicted octanol–water partition coefficient (Wildman–Crippen LogP) is 6.42. The number of rotatable bonds is 11. The highest BCUT2D eigenvalue weighted by molar-refractivity contribution is 7.19. The number of esters is 2. The van der Waals surface area contributed by atoms with E-state index in [-0.39, 0.29) is 33.8 Å². The van der Waals surface area contributed by atoms with E-state index in [0.717, 1.165) is 24.5 Å². The van der Waals surface area contributed by atoms with Crippen LogP contribution in [-0.2, 0) is 19.1 Å². The molecule has 0 aromatic carbocycles. The molecule has 20 heteroatoms. The summed E-state index contributed by atoms with van der Waals surface area (Å²) in [6.07, 6.45) is -1.44. The lowest BCUT2D eigenvalue weighted by Crippen LogP contribution is -2.67. The van der Waals surface area contributed by atoms with E-state index >= 15 is 0 Å². The van der Waals surface area contributed by atoms with Crippen LogP contribution in [0.4, 0.5) is 45.1 Å². The largest absolute Gasteiger partial charge is 0.459 e. The van der Waals surface area contributed by atoms with Crippen LogP contribution >= 0.6 is 22.7 Å². The van der Waals surface area contributed by atoms with Gasteiger partial charge in [0.1, 0.15) is 31.9 Å². The first-order valence-corrected chi connectivity index (χ1v) is 14.2. The van der Waals surface area contributed by atoms with Crippen LogP contribution in [0.2, 0.25) is 0 Å². The highest BCUT2D eigenvalue weighted by Gasteiger charge is 2.84. The van der Waals surface area contributed by atoms with Gasteiger partial charge in [-0.2, -0.15) is 45.6 Å². The van der Waals surface area contributed by atoms with E-state index in [1.54, 1.807) is 0 Å². The zero-order chi connectivity index (χ0) is 35.7. The molecule has 2 heterocycles. The third-order valence-corrected chi connectivity index (χ3v) is 8.16. The molecule has 2 N–H and O–H groups in total. The summed E-state index contributed by atoms with van der Waals surface area (Å²) in [6.45, 7) is 7.84. The zero-order valence-electron chi connectivity index (χ0n) is 24.3. The molecule has 0 atom stereocenters. The van der Waals surface area contributed by atoms with Crippen molar-refractivity contribution in [3.8, 4) is 12.1 Å². The first kappa shape index (κ1) is 37.9. The van der Waals surface area contributed by atoms with Gasteiger partial charge in [-0.15, -0.1) is 22.7 Å². The number of nitriles is 2. The summed E-state index contributed by atoms with van der Waals surface area (Å²) in [4.78, 5) is 47.9. The zero-order valence-corrected chi connectivity index (χ0v) is 26.0. The topological polar surface area (TPSA) is 158 Å². The monoisotopic (exact) mass is 702 g/mol. The number of halogens is 8. The normalized spacial score (nSPS) is 12.4. The van der Waals surface area contributed by atoms with Crippen LogP contribution in [0.15, 0.2) is 0 Å². The van der Waals surface area contributed by atoms with Crippen LogP contribution in [0.3, 0.4) is 0 Å². The number of nitrogens with one attached hydrogen (secondary N) is 2. The Morgan fingerprint density at radius 2 is 0.935 bits per heavy atom. The first-order chi connectivity index (χ1) is 20.9. The van der Waals surface area contributed by atoms with E-state index in [4.69, 9.17) is 9.47 Å². The quantitative estimate of drug-likeness (QED) is 0.201. The van der Waals surface area contributed by atoms with Gasteiger partial charge >= 0.3 is 47.4 Å². The Labute approximate surface area is 262 Å². The second-order valence-corrected chi connectivity index (χ2v) is 11.9. The maximum atomic E-state index is 14.7. The van der Waals surface area contributed by atoms with Gasteiger partial charge in [0.2, 0.25) is 0 Å². The van der Waals surface area contributed by atoms with Crippen LogP contribution in [0, 0.1) is 36.5 Å². The Hall–Kier alpha value is -4.30. The van der Waals surface area contributed by atoms with E-state index in [0.29, 0.717) is 0 Å². The van der Waals surface area contributed by atoms with Crippen molar-refractivity contribution in [1.29, 1.82) is 10.5 Å². The van der Waals surface area contributed by atoms with Crippen molar-refractivity contribution in [2.45, 2.75) is 77.4 Å². The molecule has 2 aromatic heterocycles. The van der Waals surface area contributed by atoms with Crippen LogP contribution in [0.25, 0.3) is 0 Å². The van der Waals surface area contributed by atoms with Gasteiger partial charge in [0, 0.05) is 0 Å². The smallest absolute Gasteiger partial charge is 0.393 e. The van der Waals surface area contributed by atoms with Crippen LogP contribution in [0.1, 0.15) is 69.3 Å². The number of carbonyl (C=O) groups is 4. The molecule has 0 aliphatic carbocycles. The molecule has 0 radical (unpaired) electrons. The lowest BCUT2D eigenvalue weighted by Gasteiger charge is -2.35. The number of ether oxygens (including phenoxy) is 2. The molecule has 2 aromatic rings. The van der Waals surface area contributed by atoms with Gasteiger partial charge in [-0.1, -0.05) is 0 Å². The standard InChI is InChI=1S/C26H22F8N4O6S2/c1-9(2)43-19(39)15-11(5)13(7-35)17(45-15)37-21(41)23(27,28)25(31,32)26(33,34)24(29,30)22(42)38-18-14(8-36)12(6)16(46-18)20(40)44-10(3)4/h9-10H,1-6H3,(H,37,41)(H,38,42). The molecule has 0 saturated carbocycles. The minimum Gasteiger partial charge on any atom is -0.459 e. The molecule has 0 spiro atoms. The van der Waals surface area contributed by atoms with Crippen molar-refractivity contribution in [2.75, 3.05) is 10.6 Å². The molecular weight excluding hydrogens is 680 g/mol. The Morgan fingerprint density at radius 3 is 1.17 bits per heavy atom. The van der Waals surface area contributed by atoms with Crippen molar-refractivity contribution in [3.63, 3.8) is 0 Å². The number of alkyl halides is 8. The molecule has 250 valence electrons. The summed E-state index contributed by atoms with van der Waals surface area (Å²) in [6, 6.07) is 2.79. The maximum Gasteiger partial charge on any atom is 0.393 e. The lowest BCUT2D eigenvalue weighted by atomic mass is 9.97. The number of hydrogen-bond acceptors (Lipinski definition) is 10. The van der Waals surface area contributed by atoms with E-state index in [1.807, 2.05) is 0 Å². The fraction of sp³-hybridized carbons (Fsp3) is 0.462. The molecule has 2 amide bonds. The Kier molecular flexibility index (Phi) is 10.9. The maximum absolute atomic E-state index is 14.7. The fourth-order valence-electron chi connectivity index (χ4n) is 3.44. The third-order valence-electron chi connectivity index (χ3n) is 5.78. The molecule has 10 nitrogen and oxygen atoms in total. The lowest BCUT2D eigenvalue weighted by molar-refractivity contribution is -0.345. The SMILES string of the molecule is Cc1c(C(=O)OC(C)C)sc(NC(=O)C(F)(F)C(F)(F)C(F)(F)C(F)(F)C(=O)Nc2sc(C(=O)OC(C)C)c(C)c2C#N)c1C#N. The van der Waals surface area contributed by atoms with Crippen LogP contribution in [0.5, 0.6) is 0 Å². The van der Waals surface area contributed by atoms with Crippen molar-refractivity contribution < 1.29 is 63.8 Å². The Morgan fingerprint density at radius 1 is 0.652 bits per heavy atom. The summed E-state index contributed by atoms with van der Waals surface area (Å²) in [5, 5.41) is 18.8. The van der Waals surface area contributed by atoms with Gasteiger partial charge in [-0.25, -0.2) is 9.59 Å². The molecule has 0 saturated heterocycles. The first-order valence-electron chi connectivity index (χ1n) is 12.5. The molecule has 0 fully saturated rings. The summed E-state index contributed by atoms with van der Waals surface area (Å²) in [7, 11) is 0. The number of hydrogen-bond donors (Lipinski definition) is 2. The number of nitrogens with zero attached hydrogens (tertiary/aromatic N) is 2. The van der Waals surface area contributed by atoms with Gasteiger partial charge in [0.05, 0.1) is 23.3 Å². The predicted molar refractivity (Wildman–Crippen MR) is 146 cm³/mol. The van der Waals surface area contributed by atoms with E-state index in [9.17, 15) is 64.8 Å². The summed E-state index contributed by atoms with van der Waals surface area (Å²) in [5.74, 6) is -36.7. The molecule has 0 unspecified atom stereocenters. The van der Waals surface area contributed by atoms with Gasteiger partial charge in [0.25, 0.3) is 0 Å². The molecular formula is C26H22F8N4O6S2. The Balaban J connectivity index is 2.45. The number of anilines is 2. The highest BCUT2D eigenvalue weighted by Crippen LogP contribution is 2.53. The van der Waals surface area contributed by atoms with Gasteiger partial charge in [-0.05, 0) is 52.7 Å². The number of thiophene rings is 2. The molecule has 46 heavy (non-hydrogen) atoms. The van der Waals surface area contributed by atoms with Gasteiger partial charge in [-0.3, -0.25) is 9.59 Å². The molecule has 2 rings (SSSR count). The third kappa shape index (κ3) is 6.63. The van der Waals surface area contributed by atoms with Crippen molar-refractivity contribution >= 4 is 56.4 Å². The van der Waals surface area contributed by atoms with E-state index in [2.05, 4.69) is 0 Å². The minimum atomic E-state index is -7.28. The molecule has 0 aliphatic rings. The molecule has 0 bridgehead atoms. The number of amides is 2. The number of carbonyl (C=O) groups excluding carboxylic acids is 4.